The molecule has 6 nitrogen and oxygen atoms in total. The summed E-state index contributed by atoms with van der Waals surface area (Å²) < 4.78 is 5.33. The first-order valence-electron chi connectivity index (χ1n) is 8.03. The van der Waals surface area contributed by atoms with Crippen molar-refractivity contribution in [3.05, 3.63) is 64.3 Å². The minimum absolute atomic E-state index is 0.0833. The molecule has 0 saturated carbocycles. The van der Waals surface area contributed by atoms with Gasteiger partial charge in [0, 0.05) is 10.6 Å². The van der Waals surface area contributed by atoms with Crippen LogP contribution in [0.1, 0.15) is 18.1 Å². The van der Waals surface area contributed by atoms with Crippen LogP contribution >= 0.6 is 11.6 Å². The van der Waals surface area contributed by atoms with Crippen molar-refractivity contribution < 1.29 is 19.4 Å². The Bertz CT molecular complexity index is 878. The molecule has 1 saturated heterocycles. The highest BCUT2D eigenvalue weighted by atomic mass is 35.5. The van der Waals surface area contributed by atoms with Crippen molar-refractivity contribution >= 4 is 29.6 Å². The third-order valence-electron chi connectivity index (χ3n) is 3.85. The first kappa shape index (κ1) is 17.8. The number of aromatic hydroxyl groups is 1. The molecule has 134 valence electrons. The van der Waals surface area contributed by atoms with Crippen molar-refractivity contribution in [2.24, 2.45) is 0 Å². The van der Waals surface area contributed by atoms with Crippen molar-refractivity contribution in [2.45, 2.75) is 13.5 Å². The second kappa shape index (κ2) is 7.49. The SMILES string of the molecule is CCOc1cccc(C=C2NC(=O)N(Cc3ccc(Cl)cc3)C2=O)c1O. The summed E-state index contributed by atoms with van der Waals surface area (Å²) in [5.74, 6) is -0.233. The van der Waals surface area contributed by atoms with E-state index >= 15 is 0 Å². The second-order valence-corrected chi connectivity index (χ2v) is 6.07. The molecule has 1 aliphatic heterocycles. The molecule has 26 heavy (non-hydrogen) atoms. The molecule has 1 fully saturated rings. The lowest BCUT2D eigenvalue weighted by Crippen LogP contribution is -2.30. The van der Waals surface area contributed by atoms with Gasteiger partial charge in [-0.25, -0.2) is 4.79 Å². The quantitative estimate of drug-likeness (QED) is 0.621. The van der Waals surface area contributed by atoms with E-state index in [1.165, 1.54) is 6.08 Å². The van der Waals surface area contributed by atoms with E-state index < -0.39 is 11.9 Å². The second-order valence-electron chi connectivity index (χ2n) is 5.63. The standard InChI is InChI=1S/C19H17ClN2O4/c1-2-26-16-5-3-4-13(17(16)23)10-15-18(24)22(19(25)21-15)11-12-6-8-14(20)9-7-12/h3-10,23H,2,11H2,1H3,(H,21,25). The number of urea groups is 1. The Balaban J connectivity index is 1.83. The third kappa shape index (κ3) is 3.65. The van der Waals surface area contributed by atoms with Gasteiger partial charge in [0.1, 0.15) is 5.70 Å². The molecule has 2 aromatic rings. The summed E-state index contributed by atoms with van der Waals surface area (Å²) in [5.41, 5.74) is 1.25. The van der Waals surface area contributed by atoms with Crippen LogP contribution in [0.2, 0.25) is 5.02 Å². The number of nitrogens with zero attached hydrogens (tertiary/aromatic N) is 1. The predicted octanol–water partition coefficient (Wildman–Crippen LogP) is 3.54. The van der Waals surface area contributed by atoms with Gasteiger partial charge in [-0.1, -0.05) is 35.9 Å². The zero-order valence-corrected chi connectivity index (χ0v) is 14.8. The Hall–Kier alpha value is -2.99. The first-order chi connectivity index (χ1) is 12.5. The summed E-state index contributed by atoms with van der Waals surface area (Å²) in [6.45, 7) is 2.34. The number of ether oxygens (including phenoxy) is 1. The summed E-state index contributed by atoms with van der Waals surface area (Å²) in [6, 6.07) is 11.3. The minimum atomic E-state index is -0.517. The van der Waals surface area contributed by atoms with Crippen LogP contribution in [0.4, 0.5) is 4.79 Å². The summed E-state index contributed by atoms with van der Waals surface area (Å²) in [5, 5.41) is 13.4. The van der Waals surface area contributed by atoms with Gasteiger partial charge in [-0.2, -0.15) is 0 Å². The zero-order valence-electron chi connectivity index (χ0n) is 14.0. The third-order valence-corrected chi connectivity index (χ3v) is 4.10. The Labute approximate surface area is 155 Å². The maximum absolute atomic E-state index is 12.5. The van der Waals surface area contributed by atoms with E-state index in [-0.39, 0.29) is 18.0 Å². The average molecular weight is 373 g/mol. The molecule has 0 unspecified atom stereocenters. The maximum atomic E-state index is 12.5. The number of phenolic OH excluding ortho intramolecular Hbond substituents is 1. The van der Waals surface area contributed by atoms with Gasteiger partial charge in [-0.15, -0.1) is 0 Å². The summed E-state index contributed by atoms with van der Waals surface area (Å²) in [4.78, 5) is 25.8. The van der Waals surface area contributed by atoms with E-state index in [4.69, 9.17) is 16.3 Å². The molecule has 0 atom stereocenters. The summed E-state index contributed by atoms with van der Waals surface area (Å²) in [7, 11) is 0. The Kier molecular flexibility index (Phi) is 5.14. The van der Waals surface area contributed by atoms with E-state index in [0.29, 0.717) is 22.9 Å². The van der Waals surface area contributed by atoms with Gasteiger partial charge >= 0.3 is 6.03 Å². The highest BCUT2D eigenvalue weighted by Gasteiger charge is 2.33. The van der Waals surface area contributed by atoms with Crippen LogP contribution in [0.5, 0.6) is 11.5 Å². The molecule has 1 heterocycles. The lowest BCUT2D eigenvalue weighted by atomic mass is 10.1. The van der Waals surface area contributed by atoms with Gasteiger partial charge in [0.05, 0.1) is 13.2 Å². The number of imide groups is 1. The molecule has 3 amide bonds. The minimum Gasteiger partial charge on any atom is -0.504 e. The van der Waals surface area contributed by atoms with Crippen molar-refractivity contribution in [3.63, 3.8) is 0 Å². The highest BCUT2D eigenvalue weighted by molar-refractivity contribution is 6.30. The van der Waals surface area contributed by atoms with Gasteiger partial charge < -0.3 is 15.2 Å². The number of halogens is 1. The van der Waals surface area contributed by atoms with Crippen LogP contribution in [0.3, 0.4) is 0 Å². The van der Waals surface area contributed by atoms with Crippen molar-refractivity contribution in [2.75, 3.05) is 6.61 Å². The lowest BCUT2D eigenvalue weighted by Gasteiger charge is -2.11. The van der Waals surface area contributed by atoms with Crippen molar-refractivity contribution in [1.82, 2.24) is 10.2 Å². The fourth-order valence-electron chi connectivity index (χ4n) is 2.57. The van der Waals surface area contributed by atoms with Gasteiger partial charge in [0.25, 0.3) is 5.91 Å². The summed E-state index contributed by atoms with van der Waals surface area (Å²) >= 11 is 5.85. The molecule has 7 heteroatoms. The number of rotatable bonds is 5. The number of carbonyl (C=O) groups excluding carboxylic acids is 2. The average Bonchev–Trinajstić information content (AvgIpc) is 2.88. The van der Waals surface area contributed by atoms with E-state index in [1.54, 1.807) is 49.4 Å². The van der Waals surface area contributed by atoms with E-state index in [9.17, 15) is 14.7 Å². The predicted molar refractivity (Wildman–Crippen MR) is 97.8 cm³/mol. The zero-order chi connectivity index (χ0) is 18.7. The Morgan fingerprint density at radius 1 is 1.19 bits per heavy atom. The molecule has 0 spiro atoms. The van der Waals surface area contributed by atoms with Crippen LogP contribution in [0.25, 0.3) is 6.08 Å². The number of phenols is 1. The molecule has 0 bridgehead atoms. The largest absolute Gasteiger partial charge is 0.504 e. The van der Waals surface area contributed by atoms with Crippen molar-refractivity contribution in [3.8, 4) is 11.5 Å². The number of para-hydroxylation sites is 1. The van der Waals surface area contributed by atoms with Crippen molar-refractivity contribution in [1.29, 1.82) is 0 Å². The fourth-order valence-corrected chi connectivity index (χ4v) is 2.70. The van der Waals surface area contributed by atoms with Gasteiger partial charge in [0.15, 0.2) is 11.5 Å². The van der Waals surface area contributed by atoms with Crippen LogP contribution in [-0.2, 0) is 11.3 Å². The number of benzene rings is 2. The number of carbonyl (C=O) groups is 2. The fraction of sp³-hybridized carbons (Fsp3) is 0.158. The highest BCUT2D eigenvalue weighted by Crippen LogP contribution is 2.31. The summed E-state index contributed by atoms with van der Waals surface area (Å²) in [6.07, 6.45) is 1.43. The monoisotopic (exact) mass is 372 g/mol. The molecule has 3 rings (SSSR count). The molecule has 0 aliphatic carbocycles. The van der Waals surface area contributed by atoms with Crippen LogP contribution in [0.15, 0.2) is 48.2 Å². The van der Waals surface area contributed by atoms with E-state index in [2.05, 4.69) is 5.32 Å². The topological polar surface area (TPSA) is 78.9 Å². The first-order valence-corrected chi connectivity index (χ1v) is 8.41. The Morgan fingerprint density at radius 3 is 2.62 bits per heavy atom. The van der Waals surface area contributed by atoms with Crippen LogP contribution < -0.4 is 10.1 Å². The molecule has 0 aromatic heterocycles. The molecule has 0 radical (unpaired) electrons. The molecular formula is C19H17ClN2O4. The van der Waals surface area contributed by atoms with Crippen LogP contribution in [0, 0.1) is 0 Å². The number of hydrogen-bond acceptors (Lipinski definition) is 4. The molecule has 1 aliphatic rings. The Morgan fingerprint density at radius 2 is 1.92 bits per heavy atom. The number of nitrogens with one attached hydrogen (secondary N) is 1. The van der Waals surface area contributed by atoms with Gasteiger partial charge in [-0.05, 0) is 36.8 Å². The number of amides is 3. The maximum Gasteiger partial charge on any atom is 0.329 e. The normalized spacial score (nSPS) is 15.5. The van der Waals surface area contributed by atoms with E-state index in [0.717, 1.165) is 10.5 Å². The van der Waals surface area contributed by atoms with E-state index in [1.807, 2.05) is 0 Å². The molecule has 2 N–H and O–H groups in total. The van der Waals surface area contributed by atoms with Crippen LogP contribution in [-0.4, -0.2) is 28.6 Å². The molecule has 2 aromatic carbocycles. The van der Waals surface area contributed by atoms with Gasteiger partial charge in [-0.3, -0.25) is 9.69 Å². The smallest absolute Gasteiger partial charge is 0.329 e. The molecular weight excluding hydrogens is 356 g/mol. The number of hydrogen-bond donors (Lipinski definition) is 2. The van der Waals surface area contributed by atoms with Gasteiger partial charge in [0.2, 0.25) is 0 Å². The lowest BCUT2D eigenvalue weighted by molar-refractivity contribution is -0.123.